The summed E-state index contributed by atoms with van der Waals surface area (Å²) in [5.74, 6) is 2.46. The summed E-state index contributed by atoms with van der Waals surface area (Å²) in [6, 6.07) is 3.56. The minimum absolute atomic E-state index is 0.0663. The van der Waals surface area contributed by atoms with Crippen molar-refractivity contribution in [2.24, 2.45) is 5.92 Å². The van der Waals surface area contributed by atoms with E-state index >= 15 is 0 Å². The number of anilines is 2. The molecular formula is C15H15N7O2. The second kappa shape index (κ2) is 5.76. The molecule has 24 heavy (non-hydrogen) atoms. The van der Waals surface area contributed by atoms with E-state index in [-0.39, 0.29) is 11.8 Å². The fourth-order valence-corrected chi connectivity index (χ4v) is 2.53. The number of nitrogens with zero attached hydrogens (tertiary/aromatic N) is 6. The Bertz CT molecular complexity index is 852. The predicted octanol–water partition coefficient (Wildman–Crippen LogP) is 1.03. The molecule has 9 nitrogen and oxygen atoms in total. The van der Waals surface area contributed by atoms with E-state index in [0.717, 1.165) is 11.6 Å². The van der Waals surface area contributed by atoms with Crippen molar-refractivity contribution in [3.8, 4) is 5.82 Å². The molecule has 1 N–H and O–H groups in total. The van der Waals surface area contributed by atoms with Gasteiger partial charge in [0.1, 0.15) is 30.1 Å². The third kappa shape index (κ3) is 2.71. The van der Waals surface area contributed by atoms with Gasteiger partial charge in [-0.05, 0) is 6.92 Å². The highest BCUT2D eigenvalue weighted by Crippen LogP contribution is 2.24. The van der Waals surface area contributed by atoms with Gasteiger partial charge in [-0.25, -0.2) is 15.0 Å². The monoisotopic (exact) mass is 325 g/mol. The lowest BCUT2D eigenvalue weighted by molar-refractivity contribution is -0.120. The molecular weight excluding hydrogens is 310 g/mol. The zero-order valence-electron chi connectivity index (χ0n) is 13.0. The van der Waals surface area contributed by atoms with Crippen LogP contribution in [0.15, 0.2) is 41.7 Å². The van der Waals surface area contributed by atoms with Crippen LogP contribution < -0.4 is 10.2 Å². The van der Waals surface area contributed by atoms with Crippen LogP contribution in [0.3, 0.4) is 0 Å². The summed E-state index contributed by atoms with van der Waals surface area (Å²) < 4.78 is 6.74. The quantitative estimate of drug-likeness (QED) is 0.764. The SMILES string of the molecule is Cc1cc(NC(=O)C2CN(c3cc(-n4ccnc4)ncn3)C2)no1. The Balaban J connectivity index is 1.39. The van der Waals surface area contributed by atoms with Crippen molar-refractivity contribution in [2.45, 2.75) is 6.92 Å². The summed E-state index contributed by atoms with van der Waals surface area (Å²) >= 11 is 0. The first-order valence-electron chi connectivity index (χ1n) is 7.48. The summed E-state index contributed by atoms with van der Waals surface area (Å²) in [4.78, 5) is 26.7. The van der Waals surface area contributed by atoms with Crippen molar-refractivity contribution >= 4 is 17.5 Å². The number of amides is 1. The molecule has 0 aliphatic carbocycles. The average Bonchev–Trinajstić information content (AvgIpc) is 3.18. The predicted molar refractivity (Wildman–Crippen MR) is 84.7 cm³/mol. The van der Waals surface area contributed by atoms with Gasteiger partial charge in [-0.2, -0.15) is 0 Å². The van der Waals surface area contributed by atoms with E-state index in [9.17, 15) is 4.79 Å². The smallest absolute Gasteiger partial charge is 0.232 e. The molecule has 1 aliphatic rings. The Kier molecular flexibility index (Phi) is 3.45. The third-order valence-corrected chi connectivity index (χ3v) is 3.86. The molecule has 1 aliphatic heterocycles. The van der Waals surface area contributed by atoms with Crippen LogP contribution in [0.5, 0.6) is 0 Å². The molecule has 0 saturated carbocycles. The van der Waals surface area contributed by atoms with E-state index in [1.807, 2.05) is 21.7 Å². The Morgan fingerprint density at radius 3 is 2.83 bits per heavy atom. The summed E-state index contributed by atoms with van der Waals surface area (Å²) in [6.45, 7) is 2.98. The van der Waals surface area contributed by atoms with E-state index < -0.39 is 0 Å². The van der Waals surface area contributed by atoms with Crippen LogP contribution in [0, 0.1) is 12.8 Å². The van der Waals surface area contributed by atoms with Crippen LogP contribution in [-0.2, 0) is 4.79 Å². The summed E-state index contributed by atoms with van der Waals surface area (Å²) in [5, 5.41) is 6.52. The molecule has 4 rings (SSSR count). The molecule has 1 saturated heterocycles. The molecule has 0 radical (unpaired) electrons. The van der Waals surface area contributed by atoms with Gasteiger partial charge in [0.2, 0.25) is 5.91 Å². The summed E-state index contributed by atoms with van der Waals surface area (Å²) in [5.41, 5.74) is 0. The van der Waals surface area contributed by atoms with Gasteiger partial charge < -0.3 is 14.7 Å². The number of carbonyl (C=O) groups excluding carboxylic acids is 1. The molecule has 0 spiro atoms. The number of hydrogen-bond donors (Lipinski definition) is 1. The molecule has 0 bridgehead atoms. The fourth-order valence-electron chi connectivity index (χ4n) is 2.53. The lowest BCUT2D eigenvalue weighted by atomic mass is 9.99. The second-order valence-corrected chi connectivity index (χ2v) is 5.62. The highest BCUT2D eigenvalue weighted by molar-refractivity contribution is 5.93. The van der Waals surface area contributed by atoms with E-state index in [1.54, 1.807) is 25.5 Å². The van der Waals surface area contributed by atoms with Crippen LogP contribution in [-0.4, -0.2) is 43.7 Å². The van der Waals surface area contributed by atoms with Crippen LogP contribution in [0.4, 0.5) is 11.6 Å². The van der Waals surface area contributed by atoms with Crippen LogP contribution in [0.2, 0.25) is 0 Å². The first-order valence-corrected chi connectivity index (χ1v) is 7.48. The second-order valence-electron chi connectivity index (χ2n) is 5.62. The zero-order valence-corrected chi connectivity index (χ0v) is 13.0. The van der Waals surface area contributed by atoms with Crippen molar-refractivity contribution in [3.05, 3.63) is 42.9 Å². The Morgan fingerprint density at radius 2 is 2.12 bits per heavy atom. The molecule has 3 aromatic heterocycles. The van der Waals surface area contributed by atoms with Crippen molar-refractivity contribution in [3.63, 3.8) is 0 Å². The van der Waals surface area contributed by atoms with Crippen molar-refractivity contribution in [2.75, 3.05) is 23.3 Å². The molecule has 4 heterocycles. The number of carbonyl (C=O) groups is 1. The topological polar surface area (TPSA) is 102 Å². The molecule has 122 valence electrons. The van der Waals surface area contributed by atoms with Gasteiger partial charge in [-0.15, -0.1) is 0 Å². The molecule has 3 aromatic rings. The van der Waals surface area contributed by atoms with Gasteiger partial charge in [0.25, 0.3) is 0 Å². The largest absolute Gasteiger partial charge is 0.360 e. The minimum atomic E-state index is -0.103. The van der Waals surface area contributed by atoms with Crippen LogP contribution >= 0.6 is 0 Å². The Labute approximate surface area is 137 Å². The molecule has 1 amide bonds. The first kappa shape index (κ1) is 14.4. The first-order chi connectivity index (χ1) is 11.7. The minimum Gasteiger partial charge on any atom is -0.360 e. The zero-order chi connectivity index (χ0) is 16.5. The van der Waals surface area contributed by atoms with Gasteiger partial charge in [0.15, 0.2) is 5.82 Å². The highest BCUT2D eigenvalue weighted by Gasteiger charge is 2.34. The van der Waals surface area contributed by atoms with Gasteiger partial charge in [-0.1, -0.05) is 5.16 Å². The summed E-state index contributed by atoms with van der Waals surface area (Å²) in [6.07, 6.45) is 6.70. The third-order valence-electron chi connectivity index (χ3n) is 3.86. The van der Waals surface area contributed by atoms with Crippen molar-refractivity contribution in [1.29, 1.82) is 0 Å². The maximum absolute atomic E-state index is 12.2. The fraction of sp³-hybridized carbons (Fsp3) is 0.267. The van der Waals surface area contributed by atoms with Gasteiger partial charge in [-0.3, -0.25) is 9.36 Å². The van der Waals surface area contributed by atoms with E-state index in [4.69, 9.17) is 4.52 Å². The van der Waals surface area contributed by atoms with Crippen LogP contribution in [0.25, 0.3) is 5.82 Å². The lowest BCUT2D eigenvalue weighted by Gasteiger charge is -2.38. The van der Waals surface area contributed by atoms with E-state index in [0.29, 0.717) is 24.7 Å². The van der Waals surface area contributed by atoms with Gasteiger partial charge in [0.05, 0.1) is 5.92 Å². The summed E-state index contributed by atoms with van der Waals surface area (Å²) in [7, 11) is 0. The molecule has 1 fully saturated rings. The Hall–Kier alpha value is -3.23. The maximum atomic E-state index is 12.2. The standard InChI is InChI=1S/C15H15N7O2/c1-10-4-12(20-24-10)19-15(23)11-6-22(7-11)14-5-13(17-8-18-14)21-3-2-16-9-21/h2-5,8-9,11H,6-7H2,1H3,(H,19,20,23). The molecule has 9 heteroatoms. The number of aryl methyl sites for hydroxylation is 1. The highest BCUT2D eigenvalue weighted by atomic mass is 16.5. The number of hydrogen-bond acceptors (Lipinski definition) is 7. The number of rotatable bonds is 4. The maximum Gasteiger partial charge on any atom is 0.232 e. The normalized spacial score (nSPS) is 14.5. The van der Waals surface area contributed by atoms with E-state index in [2.05, 4.69) is 25.4 Å². The number of imidazole rings is 1. The molecule has 0 atom stereocenters. The van der Waals surface area contributed by atoms with E-state index in [1.165, 1.54) is 6.33 Å². The number of aromatic nitrogens is 5. The average molecular weight is 325 g/mol. The molecule has 0 unspecified atom stereocenters. The van der Waals surface area contributed by atoms with Crippen molar-refractivity contribution in [1.82, 2.24) is 24.7 Å². The number of nitrogens with one attached hydrogen (secondary N) is 1. The van der Waals surface area contributed by atoms with Gasteiger partial charge >= 0.3 is 0 Å². The molecule has 0 aromatic carbocycles. The van der Waals surface area contributed by atoms with Crippen molar-refractivity contribution < 1.29 is 9.32 Å². The van der Waals surface area contributed by atoms with Crippen LogP contribution in [0.1, 0.15) is 5.76 Å². The lowest BCUT2D eigenvalue weighted by Crippen LogP contribution is -2.52. The van der Waals surface area contributed by atoms with Gasteiger partial charge in [0, 0.05) is 37.6 Å². The Morgan fingerprint density at radius 1 is 1.29 bits per heavy atom.